The number of thiazole rings is 1. The first-order valence-electron chi connectivity index (χ1n) is 13.2. The molecule has 0 radical (unpaired) electrons. The van der Waals surface area contributed by atoms with Crippen LogP contribution in [0.4, 0.5) is 9.52 Å². The monoisotopic (exact) mass is 594 g/mol. The summed E-state index contributed by atoms with van der Waals surface area (Å²) < 4.78 is 26.3. The van der Waals surface area contributed by atoms with E-state index < -0.39 is 23.5 Å². The highest BCUT2D eigenvalue weighted by Crippen LogP contribution is 2.46. The number of Topliss-reactive ketones (excluding diaryl/α,β-unsaturated/α-hetero) is 1. The van der Waals surface area contributed by atoms with Gasteiger partial charge in [-0.15, -0.1) is 0 Å². The maximum atomic E-state index is 13.9. The highest BCUT2D eigenvalue weighted by molar-refractivity contribution is 7.22. The molecular weight excluding hydrogens is 567 g/mol. The number of benzene rings is 3. The van der Waals surface area contributed by atoms with Gasteiger partial charge < -0.3 is 14.6 Å². The van der Waals surface area contributed by atoms with E-state index in [1.54, 1.807) is 42.5 Å². The summed E-state index contributed by atoms with van der Waals surface area (Å²) in [5.41, 5.74) is 1.19. The molecule has 7 nitrogen and oxygen atoms in total. The number of aliphatic hydroxyl groups excluding tert-OH is 1. The van der Waals surface area contributed by atoms with E-state index in [-0.39, 0.29) is 16.5 Å². The van der Waals surface area contributed by atoms with Crippen LogP contribution >= 0.6 is 22.9 Å². The van der Waals surface area contributed by atoms with Crippen molar-refractivity contribution in [3.8, 4) is 11.5 Å². The quantitative estimate of drug-likeness (QED) is 0.122. The Kier molecular flexibility index (Phi) is 8.28. The molecule has 1 aromatic heterocycles. The zero-order valence-corrected chi connectivity index (χ0v) is 24.3. The van der Waals surface area contributed by atoms with Crippen molar-refractivity contribution in [3.63, 3.8) is 0 Å². The zero-order chi connectivity index (χ0) is 29.3. The third-order valence-corrected chi connectivity index (χ3v) is 7.91. The van der Waals surface area contributed by atoms with Gasteiger partial charge in [-0.2, -0.15) is 0 Å². The van der Waals surface area contributed by atoms with Crippen LogP contribution in [0.5, 0.6) is 11.5 Å². The van der Waals surface area contributed by atoms with Gasteiger partial charge in [0.05, 0.1) is 35.0 Å². The van der Waals surface area contributed by atoms with E-state index in [1.807, 2.05) is 6.92 Å². The lowest BCUT2D eigenvalue weighted by atomic mass is 9.95. The Morgan fingerprint density at radius 3 is 2.54 bits per heavy atom. The molecule has 1 saturated heterocycles. The van der Waals surface area contributed by atoms with E-state index in [0.717, 1.165) is 17.8 Å². The van der Waals surface area contributed by atoms with E-state index in [1.165, 1.54) is 23.1 Å². The molecule has 0 saturated carbocycles. The van der Waals surface area contributed by atoms with Gasteiger partial charge in [0.15, 0.2) is 16.6 Å². The number of aromatic nitrogens is 1. The number of fused-ring (bicyclic) bond motifs is 1. The summed E-state index contributed by atoms with van der Waals surface area (Å²) in [5.74, 6) is -1.10. The van der Waals surface area contributed by atoms with Crippen LogP contribution in [-0.4, -0.2) is 35.0 Å². The first-order valence-corrected chi connectivity index (χ1v) is 14.4. The second-order valence-corrected chi connectivity index (χ2v) is 11.4. The molecule has 4 aromatic rings. The number of carbonyl (C=O) groups is 2. The van der Waals surface area contributed by atoms with Crippen molar-refractivity contribution in [1.82, 2.24) is 4.98 Å². The van der Waals surface area contributed by atoms with Crippen molar-refractivity contribution in [1.29, 1.82) is 0 Å². The smallest absolute Gasteiger partial charge is 0.301 e. The second kappa shape index (κ2) is 11.9. The van der Waals surface area contributed by atoms with Gasteiger partial charge in [0, 0.05) is 10.6 Å². The van der Waals surface area contributed by atoms with Gasteiger partial charge in [0.2, 0.25) is 0 Å². The Hall–Kier alpha value is -3.95. The molecule has 1 unspecified atom stereocenters. The molecule has 0 aliphatic carbocycles. The van der Waals surface area contributed by atoms with Crippen LogP contribution in [0, 0.1) is 11.7 Å². The van der Waals surface area contributed by atoms with Crippen LogP contribution in [0.15, 0.2) is 66.2 Å². The first-order chi connectivity index (χ1) is 19.7. The molecule has 212 valence electrons. The number of carbonyl (C=O) groups excluding carboxylic acids is 2. The number of hydrogen-bond acceptors (Lipinski definition) is 7. The molecule has 1 amide bonds. The standard InChI is InChI=1S/C31H28ClFN2O5S/c1-4-39-24-15-19(7-12-23(24)40-14-13-17(2)3)27-26(28(36)18-5-8-20(32)9-6-18)29(37)30(38)35(27)31-34-22-11-10-21(33)16-25(22)41-31/h5-12,15-17,27,36H,4,13-14H2,1-3H3/b28-26+. The van der Waals surface area contributed by atoms with Crippen molar-refractivity contribution in [2.24, 2.45) is 5.92 Å². The van der Waals surface area contributed by atoms with E-state index in [0.29, 0.717) is 57.0 Å². The molecular formula is C31H28ClFN2O5S. The number of anilines is 1. The Morgan fingerprint density at radius 1 is 1.07 bits per heavy atom. The van der Waals surface area contributed by atoms with Crippen LogP contribution in [0.25, 0.3) is 16.0 Å². The predicted molar refractivity (Wildman–Crippen MR) is 158 cm³/mol. The fourth-order valence-corrected chi connectivity index (χ4v) is 5.73. The van der Waals surface area contributed by atoms with Crippen LogP contribution < -0.4 is 14.4 Å². The fraction of sp³-hybridized carbons (Fsp3) is 0.258. The number of halogens is 2. The van der Waals surface area contributed by atoms with Gasteiger partial charge >= 0.3 is 5.91 Å². The Morgan fingerprint density at radius 2 is 1.83 bits per heavy atom. The topological polar surface area (TPSA) is 89.0 Å². The predicted octanol–water partition coefficient (Wildman–Crippen LogP) is 7.54. The number of ketones is 1. The molecule has 1 aliphatic rings. The minimum absolute atomic E-state index is 0.112. The SMILES string of the molecule is CCOc1cc(C2/C(=C(\O)c3ccc(Cl)cc3)C(=O)C(=O)N2c2nc3ccc(F)cc3s2)ccc1OCCC(C)C. The van der Waals surface area contributed by atoms with Crippen molar-refractivity contribution >= 4 is 55.7 Å². The summed E-state index contributed by atoms with van der Waals surface area (Å²) in [6, 6.07) is 14.6. The van der Waals surface area contributed by atoms with E-state index >= 15 is 0 Å². The van der Waals surface area contributed by atoms with Gasteiger partial charge in [-0.25, -0.2) is 9.37 Å². The first kappa shape index (κ1) is 28.6. The van der Waals surface area contributed by atoms with Gasteiger partial charge in [-0.1, -0.05) is 42.9 Å². The summed E-state index contributed by atoms with van der Waals surface area (Å²) in [7, 11) is 0. The van der Waals surface area contributed by atoms with Gasteiger partial charge in [0.1, 0.15) is 11.6 Å². The summed E-state index contributed by atoms with van der Waals surface area (Å²) in [6.45, 7) is 6.91. The molecule has 1 atom stereocenters. The molecule has 0 bridgehead atoms. The number of rotatable bonds is 9. The summed E-state index contributed by atoms with van der Waals surface area (Å²) in [6.07, 6.45) is 0.854. The molecule has 41 heavy (non-hydrogen) atoms. The van der Waals surface area contributed by atoms with Crippen LogP contribution in [0.2, 0.25) is 5.02 Å². The second-order valence-electron chi connectivity index (χ2n) is 9.95. The summed E-state index contributed by atoms with van der Waals surface area (Å²) in [5, 5.41) is 12.0. The highest BCUT2D eigenvalue weighted by Gasteiger charge is 2.48. The number of ether oxygens (including phenoxy) is 2. The van der Waals surface area contributed by atoms with Crippen molar-refractivity contribution in [3.05, 3.63) is 88.2 Å². The maximum Gasteiger partial charge on any atom is 0.301 e. The van der Waals surface area contributed by atoms with Gasteiger partial charge in [0.25, 0.3) is 5.78 Å². The lowest BCUT2D eigenvalue weighted by Crippen LogP contribution is -2.29. The van der Waals surface area contributed by atoms with Crippen LogP contribution in [0.1, 0.15) is 44.4 Å². The Balaban J connectivity index is 1.67. The number of amides is 1. The van der Waals surface area contributed by atoms with Crippen LogP contribution in [-0.2, 0) is 9.59 Å². The molecule has 10 heteroatoms. The van der Waals surface area contributed by atoms with E-state index in [9.17, 15) is 19.1 Å². The fourth-order valence-electron chi connectivity index (χ4n) is 4.58. The van der Waals surface area contributed by atoms with Gasteiger partial charge in [-0.3, -0.25) is 14.5 Å². The van der Waals surface area contributed by atoms with Crippen molar-refractivity contribution in [2.45, 2.75) is 33.2 Å². The molecule has 1 fully saturated rings. The maximum absolute atomic E-state index is 13.9. The lowest BCUT2D eigenvalue weighted by Gasteiger charge is -2.24. The molecule has 0 spiro atoms. The highest BCUT2D eigenvalue weighted by atomic mass is 35.5. The molecule has 5 rings (SSSR count). The van der Waals surface area contributed by atoms with E-state index in [4.69, 9.17) is 21.1 Å². The average Bonchev–Trinajstić information content (AvgIpc) is 3.47. The zero-order valence-electron chi connectivity index (χ0n) is 22.7. The third-order valence-electron chi connectivity index (χ3n) is 6.64. The third kappa shape index (κ3) is 5.78. The lowest BCUT2D eigenvalue weighted by molar-refractivity contribution is -0.132. The minimum atomic E-state index is -1.04. The summed E-state index contributed by atoms with van der Waals surface area (Å²) in [4.78, 5) is 32.9. The van der Waals surface area contributed by atoms with Crippen LogP contribution in [0.3, 0.4) is 0 Å². The number of hydrogen-bond donors (Lipinski definition) is 1. The number of aliphatic hydroxyl groups is 1. The van der Waals surface area contributed by atoms with Crippen molar-refractivity contribution < 1.29 is 28.6 Å². The average molecular weight is 595 g/mol. The van der Waals surface area contributed by atoms with Crippen molar-refractivity contribution in [2.75, 3.05) is 18.1 Å². The molecule has 3 aromatic carbocycles. The number of nitrogens with zero attached hydrogens (tertiary/aromatic N) is 2. The van der Waals surface area contributed by atoms with E-state index in [2.05, 4.69) is 18.8 Å². The Labute approximate surface area is 245 Å². The molecule has 1 aliphatic heterocycles. The normalized spacial score (nSPS) is 16.6. The molecule has 1 N–H and O–H groups in total. The summed E-state index contributed by atoms with van der Waals surface area (Å²) >= 11 is 7.11. The Bertz CT molecular complexity index is 1650. The minimum Gasteiger partial charge on any atom is -0.507 e. The molecule has 2 heterocycles. The van der Waals surface area contributed by atoms with Gasteiger partial charge in [-0.05, 0) is 79.4 Å². The largest absolute Gasteiger partial charge is 0.507 e.